The number of hydrogen-bond donors (Lipinski definition) is 1. The maximum absolute atomic E-state index is 11.6. The maximum Gasteiger partial charge on any atom is 0.282 e. The Hall–Kier alpha value is -0.680. The summed E-state index contributed by atoms with van der Waals surface area (Å²) in [6.07, 6.45) is 3.22. The first-order valence-electron chi connectivity index (χ1n) is 4.93. The molecule has 4 nitrogen and oxygen atoms in total. The van der Waals surface area contributed by atoms with Crippen molar-refractivity contribution in [1.29, 1.82) is 0 Å². The van der Waals surface area contributed by atoms with Crippen LogP contribution in [0.4, 0.5) is 0 Å². The lowest BCUT2D eigenvalue weighted by molar-refractivity contribution is 0.0937. The van der Waals surface area contributed by atoms with Crippen molar-refractivity contribution in [2.75, 3.05) is 0 Å². The Morgan fingerprint density at radius 3 is 2.87 bits per heavy atom. The lowest BCUT2D eigenvalue weighted by Gasteiger charge is -2.11. The first kappa shape index (κ1) is 12.4. The van der Waals surface area contributed by atoms with E-state index in [1.807, 2.05) is 6.92 Å². The van der Waals surface area contributed by atoms with Gasteiger partial charge in [-0.3, -0.25) is 4.79 Å². The van der Waals surface area contributed by atoms with E-state index in [0.29, 0.717) is 9.47 Å². The molecule has 84 valence electrons. The van der Waals surface area contributed by atoms with E-state index < -0.39 is 0 Å². The van der Waals surface area contributed by atoms with Gasteiger partial charge < -0.3 is 5.32 Å². The van der Waals surface area contributed by atoms with Crippen LogP contribution in [0.5, 0.6) is 0 Å². The zero-order chi connectivity index (χ0) is 11.3. The van der Waals surface area contributed by atoms with Crippen LogP contribution in [0.15, 0.2) is 0 Å². The van der Waals surface area contributed by atoms with Crippen LogP contribution >= 0.6 is 22.9 Å². The quantitative estimate of drug-likeness (QED) is 0.870. The molecule has 0 saturated heterocycles. The third-order valence-electron chi connectivity index (χ3n) is 1.96. The molecular weight excluding hydrogens is 234 g/mol. The summed E-state index contributed by atoms with van der Waals surface area (Å²) >= 11 is 6.68. The molecule has 1 N–H and O–H groups in total. The number of halogens is 1. The van der Waals surface area contributed by atoms with Gasteiger partial charge in [0, 0.05) is 6.04 Å². The summed E-state index contributed by atoms with van der Waals surface area (Å²) < 4.78 is 0.293. The van der Waals surface area contributed by atoms with Gasteiger partial charge >= 0.3 is 0 Å². The molecule has 1 atom stereocenters. The number of nitrogens with one attached hydrogen (secondary N) is 1. The van der Waals surface area contributed by atoms with Gasteiger partial charge in [-0.25, -0.2) is 0 Å². The summed E-state index contributed by atoms with van der Waals surface area (Å²) in [5.74, 6) is -0.192. The van der Waals surface area contributed by atoms with Gasteiger partial charge in [0.15, 0.2) is 0 Å². The summed E-state index contributed by atoms with van der Waals surface area (Å²) in [5, 5.41) is 10.4. The largest absolute Gasteiger partial charge is 0.347 e. The minimum Gasteiger partial charge on any atom is -0.347 e. The van der Waals surface area contributed by atoms with Crippen molar-refractivity contribution in [2.24, 2.45) is 0 Å². The zero-order valence-corrected chi connectivity index (χ0v) is 10.4. The number of aromatic nitrogens is 2. The third kappa shape index (κ3) is 4.13. The van der Waals surface area contributed by atoms with E-state index in [2.05, 4.69) is 22.4 Å². The van der Waals surface area contributed by atoms with Crippen molar-refractivity contribution in [3.8, 4) is 0 Å². The van der Waals surface area contributed by atoms with Gasteiger partial charge in [-0.05, 0) is 24.9 Å². The van der Waals surface area contributed by atoms with Crippen molar-refractivity contribution in [1.82, 2.24) is 15.5 Å². The Bertz CT molecular complexity index is 329. The molecule has 0 fully saturated rings. The smallest absolute Gasteiger partial charge is 0.282 e. The molecule has 1 heterocycles. The van der Waals surface area contributed by atoms with Crippen LogP contribution < -0.4 is 5.32 Å². The summed E-state index contributed by atoms with van der Waals surface area (Å²) in [6.45, 7) is 4.11. The molecule has 0 aliphatic carbocycles. The monoisotopic (exact) mass is 247 g/mol. The molecule has 0 radical (unpaired) electrons. The second-order valence-corrected chi connectivity index (χ2v) is 4.94. The lowest BCUT2D eigenvalue weighted by Crippen LogP contribution is -2.32. The van der Waals surface area contributed by atoms with Gasteiger partial charge in [0.25, 0.3) is 5.91 Å². The molecule has 0 aliphatic heterocycles. The van der Waals surface area contributed by atoms with Gasteiger partial charge in [-0.15, -0.1) is 10.2 Å². The van der Waals surface area contributed by atoms with Gasteiger partial charge in [0.1, 0.15) is 0 Å². The molecule has 1 aromatic heterocycles. The highest BCUT2D eigenvalue weighted by Crippen LogP contribution is 2.14. The average molecular weight is 248 g/mol. The molecule has 0 saturated carbocycles. The Labute approximate surface area is 98.0 Å². The van der Waals surface area contributed by atoms with Gasteiger partial charge in [-0.2, -0.15) is 0 Å². The number of unbranched alkanes of at least 4 members (excludes halogenated alkanes) is 1. The first-order valence-corrected chi connectivity index (χ1v) is 6.12. The third-order valence-corrected chi connectivity index (χ3v) is 2.98. The highest BCUT2D eigenvalue weighted by molar-refractivity contribution is 7.17. The van der Waals surface area contributed by atoms with E-state index in [4.69, 9.17) is 11.6 Å². The van der Waals surface area contributed by atoms with Crippen molar-refractivity contribution in [3.05, 3.63) is 9.47 Å². The summed E-state index contributed by atoms with van der Waals surface area (Å²) in [5.41, 5.74) is 0. The highest BCUT2D eigenvalue weighted by atomic mass is 35.5. The fourth-order valence-electron chi connectivity index (χ4n) is 1.17. The number of carbonyl (C=O) groups is 1. The number of hydrogen-bond acceptors (Lipinski definition) is 4. The van der Waals surface area contributed by atoms with Crippen molar-refractivity contribution < 1.29 is 4.79 Å². The molecular formula is C9H14ClN3OS. The highest BCUT2D eigenvalue weighted by Gasteiger charge is 2.13. The van der Waals surface area contributed by atoms with Crippen molar-refractivity contribution in [3.63, 3.8) is 0 Å². The molecule has 1 unspecified atom stereocenters. The fraction of sp³-hybridized carbons (Fsp3) is 0.667. The van der Waals surface area contributed by atoms with Crippen LogP contribution in [0.2, 0.25) is 4.47 Å². The van der Waals surface area contributed by atoms with Gasteiger partial charge in [0.2, 0.25) is 9.47 Å². The van der Waals surface area contributed by atoms with Gasteiger partial charge in [0.05, 0.1) is 0 Å². The number of amides is 1. The normalized spacial score (nSPS) is 12.5. The molecule has 0 spiro atoms. The SMILES string of the molecule is CCCCC(C)NC(=O)c1nnc(Cl)s1. The second-order valence-electron chi connectivity index (χ2n) is 3.38. The standard InChI is InChI=1S/C9H14ClN3OS/c1-3-4-5-6(2)11-7(14)8-12-13-9(10)15-8/h6H,3-5H2,1-2H3,(H,11,14). The van der Waals surface area contributed by atoms with E-state index in [1.165, 1.54) is 0 Å². The summed E-state index contributed by atoms with van der Waals surface area (Å²) in [4.78, 5) is 11.6. The van der Waals surface area contributed by atoms with Crippen molar-refractivity contribution in [2.45, 2.75) is 39.2 Å². The Morgan fingerprint density at radius 1 is 1.60 bits per heavy atom. The van der Waals surface area contributed by atoms with E-state index in [1.54, 1.807) is 0 Å². The Kier molecular flexibility index (Phi) is 4.98. The minimum absolute atomic E-state index is 0.167. The van der Waals surface area contributed by atoms with E-state index in [-0.39, 0.29) is 11.9 Å². The molecule has 1 rings (SSSR count). The predicted molar refractivity (Wildman–Crippen MR) is 61.4 cm³/mol. The van der Waals surface area contributed by atoms with E-state index in [9.17, 15) is 4.79 Å². The van der Waals surface area contributed by atoms with Crippen LogP contribution in [0.25, 0.3) is 0 Å². The predicted octanol–water partition coefficient (Wildman–Crippen LogP) is 2.50. The summed E-state index contributed by atoms with van der Waals surface area (Å²) in [6, 6.07) is 0.167. The summed E-state index contributed by atoms with van der Waals surface area (Å²) in [7, 11) is 0. The molecule has 6 heteroatoms. The molecule has 1 aromatic rings. The van der Waals surface area contributed by atoms with Crippen molar-refractivity contribution >= 4 is 28.8 Å². The number of carbonyl (C=O) groups excluding carboxylic acids is 1. The number of rotatable bonds is 5. The van der Waals surface area contributed by atoms with Crippen LogP contribution in [-0.4, -0.2) is 22.1 Å². The minimum atomic E-state index is -0.192. The topological polar surface area (TPSA) is 54.9 Å². The Balaban J connectivity index is 2.42. The molecule has 0 bridgehead atoms. The van der Waals surface area contributed by atoms with Gasteiger partial charge in [-0.1, -0.05) is 31.1 Å². The average Bonchev–Trinajstić information content (AvgIpc) is 2.61. The van der Waals surface area contributed by atoms with E-state index in [0.717, 1.165) is 30.6 Å². The first-order chi connectivity index (χ1) is 7.13. The Morgan fingerprint density at radius 2 is 2.33 bits per heavy atom. The zero-order valence-electron chi connectivity index (χ0n) is 8.79. The van der Waals surface area contributed by atoms with Crippen LogP contribution in [0, 0.1) is 0 Å². The molecule has 0 aliphatic rings. The van der Waals surface area contributed by atoms with Crippen LogP contribution in [-0.2, 0) is 0 Å². The fourth-order valence-corrected chi connectivity index (χ4v) is 1.90. The number of nitrogens with zero attached hydrogens (tertiary/aromatic N) is 2. The molecule has 15 heavy (non-hydrogen) atoms. The molecule has 0 aromatic carbocycles. The van der Waals surface area contributed by atoms with Crippen LogP contribution in [0.1, 0.15) is 42.9 Å². The maximum atomic E-state index is 11.6. The lowest BCUT2D eigenvalue weighted by atomic mass is 10.1. The second kappa shape index (κ2) is 6.02. The molecule has 1 amide bonds. The van der Waals surface area contributed by atoms with Crippen LogP contribution in [0.3, 0.4) is 0 Å². The van der Waals surface area contributed by atoms with E-state index >= 15 is 0 Å².